The number of ether oxygens (including phenoxy) is 1. The van der Waals surface area contributed by atoms with Crippen molar-refractivity contribution in [3.8, 4) is 16.9 Å². The second-order valence-corrected chi connectivity index (χ2v) is 9.22. The van der Waals surface area contributed by atoms with Crippen molar-refractivity contribution in [2.75, 3.05) is 11.3 Å². The molecule has 0 saturated carbocycles. The molecule has 1 aliphatic rings. The van der Waals surface area contributed by atoms with Crippen LogP contribution in [0, 0.1) is 0 Å². The van der Waals surface area contributed by atoms with E-state index in [4.69, 9.17) is 4.74 Å². The summed E-state index contributed by atoms with van der Waals surface area (Å²) >= 11 is 0. The zero-order chi connectivity index (χ0) is 23.0. The molecule has 0 amide bonds. The molecule has 0 fully saturated rings. The molecule has 0 bridgehead atoms. The molecule has 2 aromatic carbocycles. The summed E-state index contributed by atoms with van der Waals surface area (Å²) in [5.41, 5.74) is 4.74. The number of nitrogens with zero attached hydrogens (tertiary/aromatic N) is 3. The Balaban J connectivity index is 1.54. The van der Waals surface area contributed by atoms with Gasteiger partial charge in [0, 0.05) is 22.5 Å². The Hall–Kier alpha value is -3.92. The van der Waals surface area contributed by atoms with Gasteiger partial charge in [0.15, 0.2) is 5.69 Å². The van der Waals surface area contributed by atoms with Crippen LogP contribution in [-0.4, -0.2) is 41.0 Å². The summed E-state index contributed by atoms with van der Waals surface area (Å²) in [5.74, 6) is -0.481. The maximum atomic E-state index is 12.8. The summed E-state index contributed by atoms with van der Waals surface area (Å²) in [6.07, 6.45) is 3.04. The van der Waals surface area contributed by atoms with Crippen LogP contribution in [0.5, 0.6) is 0 Å². The molecule has 1 aliphatic carbocycles. The number of carbonyl (C=O) groups excluding carboxylic acids is 1. The fraction of sp³-hybridized carbons (Fsp3) is 0.174. The van der Waals surface area contributed by atoms with Crippen LogP contribution in [0.2, 0.25) is 0 Å². The average Bonchev–Trinajstić information content (AvgIpc) is 3.44. The Morgan fingerprint density at radius 2 is 1.88 bits per heavy atom. The topological polar surface area (TPSA) is 119 Å². The first-order valence-corrected chi connectivity index (χ1v) is 12.0. The number of carbonyl (C=O) groups is 1. The molecule has 2 heterocycles. The van der Waals surface area contributed by atoms with Crippen molar-refractivity contribution in [3.05, 3.63) is 77.7 Å². The maximum Gasteiger partial charge on any atom is 0.359 e. The lowest BCUT2D eigenvalue weighted by Crippen LogP contribution is -2.13. The van der Waals surface area contributed by atoms with E-state index in [1.807, 2.05) is 6.07 Å². The monoisotopic (exact) mass is 463 g/mol. The molecule has 2 aromatic heterocycles. The van der Waals surface area contributed by atoms with Gasteiger partial charge < -0.3 is 4.74 Å². The van der Waals surface area contributed by atoms with Gasteiger partial charge in [0.2, 0.25) is 0 Å². The minimum Gasteiger partial charge on any atom is -0.461 e. The first-order valence-electron chi connectivity index (χ1n) is 10.5. The number of anilines is 1. The number of para-hydroxylation sites is 1. The van der Waals surface area contributed by atoms with Gasteiger partial charge in [-0.25, -0.2) is 17.9 Å². The van der Waals surface area contributed by atoms with Crippen LogP contribution < -0.4 is 4.72 Å². The van der Waals surface area contributed by atoms with Gasteiger partial charge in [0.05, 0.1) is 29.1 Å². The Morgan fingerprint density at radius 3 is 2.61 bits per heavy atom. The van der Waals surface area contributed by atoms with Gasteiger partial charge in [0.1, 0.15) is 0 Å². The standard InChI is InChI=1S/C23H21N5O4S/c1-2-32-23(29)21-18-12-13-20-19(14-24-25-20)22(18)28(26-21)16-8-10-17(11-9-16)33(30,31)27-15-6-4-3-5-7-15/h3-11,14,27H,2,12-13H2,1H3,(H,24,25). The second-order valence-electron chi connectivity index (χ2n) is 7.54. The van der Waals surface area contributed by atoms with Crippen LogP contribution in [0.3, 0.4) is 0 Å². The lowest BCUT2D eigenvalue weighted by Gasteiger charge is -2.15. The van der Waals surface area contributed by atoms with Crippen LogP contribution >= 0.6 is 0 Å². The van der Waals surface area contributed by atoms with Crippen molar-refractivity contribution in [1.82, 2.24) is 20.0 Å². The lowest BCUT2D eigenvalue weighted by atomic mass is 9.94. The normalized spacial score (nSPS) is 12.6. The highest BCUT2D eigenvalue weighted by molar-refractivity contribution is 7.92. The molecule has 4 aromatic rings. The zero-order valence-corrected chi connectivity index (χ0v) is 18.6. The molecular weight excluding hydrogens is 442 g/mol. The first-order chi connectivity index (χ1) is 16.0. The summed E-state index contributed by atoms with van der Waals surface area (Å²) in [6, 6.07) is 15.0. The summed E-state index contributed by atoms with van der Waals surface area (Å²) < 4.78 is 35.0. The number of fused-ring (bicyclic) bond motifs is 3. The summed E-state index contributed by atoms with van der Waals surface area (Å²) in [4.78, 5) is 12.7. The van der Waals surface area contributed by atoms with Gasteiger partial charge in [-0.1, -0.05) is 18.2 Å². The summed E-state index contributed by atoms with van der Waals surface area (Å²) in [6.45, 7) is 2.00. The number of sulfonamides is 1. The number of aromatic nitrogens is 4. The van der Waals surface area contributed by atoms with Gasteiger partial charge in [-0.15, -0.1) is 0 Å². The van der Waals surface area contributed by atoms with Gasteiger partial charge in [-0.3, -0.25) is 9.82 Å². The third-order valence-electron chi connectivity index (χ3n) is 5.47. The lowest BCUT2D eigenvalue weighted by molar-refractivity contribution is 0.0517. The third-order valence-corrected chi connectivity index (χ3v) is 6.87. The highest BCUT2D eigenvalue weighted by Gasteiger charge is 2.30. The SMILES string of the molecule is CCOC(=O)c1nn(-c2ccc(S(=O)(=O)Nc3ccccc3)cc2)c2c1CCc1[nH]ncc1-2. The van der Waals surface area contributed by atoms with E-state index in [2.05, 4.69) is 20.0 Å². The van der Waals surface area contributed by atoms with Gasteiger partial charge in [0.25, 0.3) is 10.0 Å². The van der Waals surface area contributed by atoms with E-state index in [0.717, 1.165) is 22.5 Å². The maximum absolute atomic E-state index is 12.8. The number of rotatable bonds is 6. The van der Waals surface area contributed by atoms with Gasteiger partial charge >= 0.3 is 5.97 Å². The van der Waals surface area contributed by atoms with Gasteiger partial charge in [-0.2, -0.15) is 10.2 Å². The number of hydrogen-bond donors (Lipinski definition) is 2. The molecule has 0 saturated heterocycles. The largest absolute Gasteiger partial charge is 0.461 e. The second kappa shape index (κ2) is 8.21. The molecule has 0 atom stereocenters. The van der Waals surface area contributed by atoms with E-state index in [1.54, 1.807) is 54.2 Å². The molecule has 0 unspecified atom stereocenters. The summed E-state index contributed by atoms with van der Waals surface area (Å²) in [7, 11) is -3.75. The van der Waals surface area contributed by atoms with Crippen molar-refractivity contribution in [2.45, 2.75) is 24.7 Å². The van der Waals surface area contributed by atoms with Crippen molar-refractivity contribution < 1.29 is 17.9 Å². The number of benzene rings is 2. The molecule has 0 radical (unpaired) electrons. The molecular formula is C23H21N5O4S. The Kier molecular flexibility index (Phi) is 5.21. The molecule has 10 heteroatoms. The molecule has 5 rings (SSSR count). The van der Waals surface area contributed by atoms with E-state index in [9.17, 15) is 13.2 Å². The molecule has 168 valence electrons. The molecule has 9 nitrogen and oxygen atoms in total. The number of aryl methyl sites for hydroxylation is 1. The zero-order valence-electron chi connectivity index (χ0n) is 17.8. The minimum absolute atomic E-state index is 0.116. The van der Waals surface area contributed by atoms with Crippen LogP contribution in [0.15, 0.2) is 65.7 Å². The average molecular weight is 464 g/mol. The van der Waals surface area contributed by atoms with Crippen LogP contribution in [0.1, 0.15) is 28.7 Å². The predicted molar refractivity (Wildman–Crippen MR) is 122 cm³/mol. The number of aromatic amines is 1. The Labute approximate surface area is 190 Å². The van der Waals surface area contributed by atoms with E-state index < -0.39 is 16.0 Å². The molecule has 0 aliphatic heterocycles. The van der Waals surface area contributed by atoms with Gasteiger partial charge in [-0.05, 0) is 56.2 Å². The van der Waals surface area contributed by atoms with Crippen molar-refractivity contribution in [2.24, 2.45) is 0 Å². The number of H-pyrrole nitrogens is 1. The van der Waals surface area contributed by atoms with Crippen LogP contribution in [0.25, 0.3) is 16.9 Å². The van der Waals surface area contributed by atoms with E-state index in [-0.39, 0.29) is 17.2 Å². The van der Waals surface area contributed by atoms with Crippen molar-refractivity contribution >= 4 is 21.7 Å². The number of esters is 1. The van der Waals surface area contributed by atoms with E-state index in [0.29, 0.717) is 24.2 Å². The highest BCUT2D eigenvalue weighted by Crippen LogP contribution is 2.36. The van der Waals surface area contributed by atoms with Crippen LogP contribution in [0.4, 0.5) is 5.69 Å². The number of nitrogens with one attached hydrogen (secondary N) is 2. The Morgan fingerprint density at radius 1 is 1.12 bits per heavy atom. The number of hydrogen-bond acceptors (Lipinski definition) is 6. The quantitative estimate of drug-likeness (QED) is 0.423. The predicted octanol–water partition coefficient (Wildman–Crippen LogP) is 3.34. The molecule has 33 heavy (non-hydrogen) atoms. The third kappa shape index (κ3) is 3.78. The Bertz CT molecular complexity index is 1420. The highest BCUT2D eigenvalue weighted by atomic mass is 32.2. The summed E-state index contributed by atoms with van der Waals surface area (Å²) in [5, 5.41) is 11.7. The van der Waals surface area contributed by atoms with E-state index in [1.165, 1.54) is 12.1 Å². The molecule has 0 spiro atoms. The van der Waals surface area contributed by atoms with E-state index >= 15 is 0 Å². The van der Waals surface area contributed by atoms with Crippen molar-refractivity contribution in [1.29, 1.82) is 0 Å². The first kappa shape index (κ1) is 21.0. The molecule has 2 N–H and O–H groups in total. The van der Waals surface area contributed by atoms with Crippen LogP contribution in [-0.2, 0) is 27.6 Å². The fourth-order valence-corrected chi connectivity index (χ4v) is 5.02. The smallest absolute Gasteiger partial charge is 0.359 e. The van der Waals surface area contributed by atoms with Crippen molar-refractivity contribution in [3.63, 3.8) is 0 Å². The fourth-order valence-electron chi connectivity index (χ4n) is 3.96. The minimum atomic E-state index is -3.75.